The molecular formula is C29H37N3O5S. The van der Waals surface area contributed by atoms with Gasteiger partial charge in [0.05, 0.1) is 22.8 Å². The van der Waals surface area contributed by atoms with Crippen LogP contribution in [0.15, 0.2) is 66.7 Å². The van der Waals surface area contributed by atoms with Crippen molar-refractivity contribution in [3.05, 3.63) is 77.9 Å². The summed E-state index contributed by atoms with van der Waals surface area (Å²) in [6.07, 6.45) is 6.25. The van der Waals surface area contributed by atoms with Gasteiger partial charge in [0.15, 0.2) is 0 Å². The standard InChI is InChI=1S/C29H37N3O5S/c1-2-20-38(35,36)32-17-15-29(16-18-32)14-8-9-19-37-26-13-7-6-12-25(26)27(33)30-22-24(31-28(29)34)21-23-10-4-3-5-11-23/h3-13,24H,2,14-22H2,1H3,(H,30,33)(H,31,34)/t24-/m1/s1. The Bertz CT molecular complexity index is 1240. The van der Waals surface area contributed by atoms with E-state index in [1.807, 2.05) is 55.5 Å². The monoisotopic (exact) mass is 539 g/mol. The molecule has 0 unspecified atom stereocenters. The number of hydrogen-bond donors (Lipinski definition) is 2. The van der Waals surface area contributed by atoms with Gasteiger partial charge in [-0.25, -0.2) is 12.7 Å². The van der Waals surface area contributed by atoms with Crippen molar-refractivity contribution in [2.45, 2.75) is 45.1 Å². The predicted octanol–water partition coefficient (Wildman–Crippen LogP) is 3.30. The van der Waals surface area contributed by atoms with E-state index < -0.39 is 15.4 Å². The Kier molecular flexibility index (Phi) is 9.22. The van der Waals surface area contributed by atoms with Gasteiger partial charge in [-0.15, -0.1) is 0 Å². The van der Waals surface area contributed by atoms with Gasteiger partial charge in [-0.2, -0.15) is 0 Å². The van der Waals surface area contributed by atoms with Gasteiger partial charge < -0.3 is 15.4 Å². The van der Waals surface area contributed by atoms with Gasteiger partial charge in [0.2, 0.25) is 15.9 Å². The molecule has 9 heteroatoms. The summed E-state index contributed by atoms with van der Waals surface area (Å²) in [7, 11) is -3.32. The summed E-state index contributed by atoms with van der Waals surface area (Å²) in [5, 5.41) is 6.19. The highest BCUT2D eigenvalue weighted by Crippen LogP contribution is 2.37. The molecule has 1 saturated heterocycles. The first kappa shape index (κ1) is 27.9. The number of carbonyl (C=O) groups excluding carboxylic acids is 2. The predicted molar refractivity (Wildman–Crippen MR) is 147 cm³/mol. The molecule has 4 rings (SSSR count). The van der Waals surface area contributed by atoms with Crippen LogP contribution in [-0.4, -0.2) is 62.6 Å². The third-order valence-corrected chi connectivity index (χ3v) is 9.40. The normalized spacial score (nSPS) is 21.0. The van der Waals surface area contributed by atoms with E-state index in [-0.39, 0.29) is 36.8 Å². The van der Waals surface area contributed by atoms with Gasteiger partial charge in [0, 0.05) is 19.6 Å². The number of allylic oxidation sites excluding steroid dienone is 1. The van der Waals surface area contributed by atoms with E-state index in [1.165, 1.54) is 4.31 Å². The van der Waals surface area contributed by atoms with Crippen LogP contribution in [0.4, 0.5) is 0 Å². The van der Waals surface area contributed by atoms with Crippen LogP contribution in [0.25, 0.3) is 0 Å². The van der Waals surface area contributed by atoms with E-state index in [2.05, 4.69) is 10.6 Å². The molecule has 0 radical (unpaired) electrons. The molecule has 2 aromatic rings. The number of benzene rings is 2. The largest absolute Gasteiger partial charge is 0.489 e. The van der Waals surface area contributed by atoms with Gasteiger partial charge in [-0.05, 0) is 49.8 Å². The van der Waals surface area contributed by atoms with Crippen molar-refractivity contribution in [2.75, 3.05) is 32.0 Å². The zero-order valence-electron chi connectivity index (χ0n) is 21.9. The lowest BCUT2D eigenvalue weighted by Crippen LogP contribution is -2.54. The molecule has 1 spiro atoms. The number of fused-ring (bicyclic) bond motifs is 1. The van der Waals surface area contributed by atoms with Crippen molar-refractivity contribution in [3.63, 3.8) is 0 Å². The summed E-state index contributed by atoms with van der Waals surface area (Å²) in [4.78, 5) is 26.9. The number of nitrogens with zero attached hydrogens (tertiary/aromatic N) is 1. The van der Waals surface area contributed by atoms with Crippen LogP contribution in [-0.2, 0) is 21.2 Å². The van der Waals surface area contributed by atoms with Crippen LogP contribution < -0.4 is 15.4 Å². The van der Waals surface area contributed by atoms with Crippen LogP contribution in [0.1, 0.15) is 48.5 Å². The van der Waals surface area contributed by atoms with Crippen molar-refractivity contribution in [3.8, 4) is 5.75 Å². The lowest BCUT2D eigenvalue weighted by atomic mass is 9.75. The fraction of sp³-hybridized carbons (Fsp3) is 0.448. The summed E-state index contributed by atoms with van der Waals surface area (Å²) in [5.74, 6) is 0.241. The number of rotatable bonds is 5. The molecule has 2 aliphatic rings. The van der Waals surface area contributed by atoms with Crippen LogP contribution in [0.2, 0.25) is 0 Å². The number of amides is 2. The van der Waals surface area contributed by atoms with E-state index in [0.717, 1.165) is 5.56 Å². The van der Waals surface area contributed by atoms with Gasteiger partial charge >= 0.3 is 0 Å². The fourth-order valence-electron chi connectivity index (χ4n) is 5.12. The van der Waals surface area contributed by atoms with E-state index in [4.69, 9.17) is 4.74 Å². The number of hydrogen-bond acceptors (Lipinski definition) is 5. The number of nitrogens with one attached hydrogen (secondary N) is 2. The molecule has 8 nitrogen and oxygen atoms in total. The van der Waals surface area contributed by atoms with Crippen molar-refractivity contribution >= 4 is 21.8 Å². The maximum absolute atomic E-state index is 13.9. The van der Waals surface area contributed by atoms with E-state index >= 15 is 0 Å². The Morgan fingerprint density at radius 1 is 1.00 bits per heavy atom. The number of sulfonamides is 1. The van der Waals surface area contributed by atoms with Crippen LogP contribution >= 0.6 is 0 Å². The van der Waals surface area contributed by atoms with Gasteiger partial charge in [0.1, 0.15) is 12.4 Å². The minimum Gasteiger partial charge on any atom is -0.489 e. The quantitative estimate of drug-likeness (QED) is 0.568. The van der Waals surface area contributed by atoms with Gasteiger partial charge in [0.25, 0.3) is 5.91 Å². The molecule has 2 aliphatic heterocycles. The van der Waals surface area contributed by atoms with Crippen molar-refractivity contribution < 1.29 is 22.7 Å². The highest BCUT2D eigenvalue weighted by Gasteiger charge is 2.43. The first-order valence-electron chi connectivity index (χ1n) is 13.3. The second-order valence-corrected chi connectivity index (χ2v) is 12.1. The lowest BCUT2D eigenvalue weighted by Gasteiger charge is -2.40. The second kappa shape index (κ2) is 12.6. The summed E-state index contributed by atoms with van der Waals surface area (Å²) >= 11 is 0. The molecule has 0 aromatic heterocycles. The Morgan fingerprint density at radius 3 is 2.45 bits per heavy atom. The SMILES string of the molecule is CCCS(=O)(=O)N1CCC2(CC=CCOc3ccccc3C(=O)NC[C@@H](Cc3ccccc3)NC2=O)CC1. The second-order valence-electron chi connectivity index (χ2n) is 10.0. The third kappa shape index (κ3) is 6.82. The van der Waals surface area contributed by atoms with Crippen LogP contribution in [0.3, 0.4) is 0 Å². The van der Waals surface area contributed by atoms with E-state index in [0.29, 0.717) is 56.5 Å². The Hall–Kier alpha value is -3.17. The minimum absolute atomic E-state index is 0.108. The molecule has 2 aromatic carbocycles. The van der Waals surface area contributed by atoms with Gasteiger partial charge in [-0.3, -0.25) is 9.59 Å². The molecule has 38 heavy (non-hydrogen) atoms. The molecular weight excluding hydrogens is 502 g/mol. The highest BCUT2D eigenvalue weighted by molar-refractivity contribution is 7.89. The summed E-state index contributed by atoms with van der Waals surface area (Å²) in [5.41, 5.74) is 0.751. The molecule has 2 heterocycles. The molecule has 2 N–H and O–H groups in total. The molecule has 0 bridgehead atoms. The lowest BCUT2D eigenvalue weighted by molar-refractivity contribution is -0.134. The zero-order chi connectivity index (χ0) is 27.0. The molecule has 2 amide bonds. The first-order valence-corrected chi connectivity index (χ1v) is 14.9. The van der Waals surface area contributed by atoms with E-state index in [9.17, 15) is 18.0 Å². The van der Waals surface area contributed by atoms with Gasteiger partial charge in [-0.1, -0.05) is 61.5 Å². The summed E-state index contributed by atoms with van der Waals surface area (Å²) in [6.45, 7) is 2.98. The first-order chi connectivity index (χ1) is 18.3. The van der Waals surface area contributed by atoms with Crippen molar-refractivity contribution in [2.24, 2.45) is 5.41 Å². The Morgan fingerprint density at radius 2 is 1.71 bits per heavy atom. The molecule has 1 fully saturated rings. The minimum atomic E-state index is -3.32. The summed E-state index contributed by atoms with van der Waals surface area (Å²) < 4.78 is 32.7. The average molecular weight is 540 g/mol. The maximum atomic E-state index is 13.9. The number of carbonyl (C=O) groups is 2. The van der Waals surface area contributed by atoms with Crippen molar-refractivity contribution in [1.29, 1.82) is 0 Å². The fourth-order valence-corrected chi connectivity index (χ4v) is 6.63. The number of piperidine rings is 1. The molecule has 1 atom stereocenters. The number of para-hydroxylation sites is 1. The highest BCUT2D eigenvalue weighted by atomic mass is 32.2. The number of ether oxygens (including phenoxy) is 1. The van der Waals surface area contributed by atoms with Crippen LogP contribution in [0, 0.1) is 5.41 Å². The Balaban J connectivity index is 1.60. The zero-order valence-corrected chi connectivity index (χ0v) is 22.7. The van der Waals surface area contributed by atoms with Crippen molar-refractivity contribution in [1.82, 2.24) is 14.9 Å². The molecule has 0 aliphatic carbocycles. The molecule has 204 valence electrons. The topological polar surface area (TPSA) is 105 Å². The third-order valence-electron chi connectivity index (χ3n) is 7.33. The average Bonchev–Trinajstić information content (AvgIpc) is 2.92. The van der Waals surface area contributed by atoms with Crippen LogP contribution in [0.5, 0.6) is 5.75 Å². The maximum Gasteiger partial charge on any atom is 0.255 e. The summed E-state index contributed by atoms with van der Waals surface area (Å²) in [6, 6.07) is 16.6. The smallest absolute Gasteiger partial charge is 0.255 e. The molecule has 0 saturated carbocycles. The Labute approximate surface area is 225 Å². The van der Waals surface area contributed by atoms with E-state index in [1.54, 1.807) is 18.2 Å².